The van der Waals surface area contributed by atoms with E-state index >= 15 is 0 Å². The monoisotopic (exact) mass is 545 g/mol. The number of halogens is 1. The lowest BCUT2D eigenvalue weighted by Crippen LogP contribution is -2.50. The molecule has 0 aromatic heterocycles. The molecule has 1 fully saturated rings. The number of carbonyl (C=O) groups is 2. The predicted octanol–water partition coefficient (Wildman–Crippen LogP) is 4.85. The number of nitrogens with zero attached hydrogens (tertiary/aromatic N) is 2. The molecule has 0 heterocycles. The van der Waals surface area contributed by atoms with Crippen molar-refractivity contribution in [3.8, 4) is 0 Å². The van der Waals surface area contributed by atoms with Gasteiger partial charge in [-0.25, -0.2) is 12.8 Å². The number of sulfonamides is 1. The van der Waals surface area contributed by atoms with Crippen LogP contribution >= 0.6 is 0 Å². The molecule has 0 aliphatic heterocycles. The molecule has 2 aromatic rings. The Labute approximate surface area is 226 Å². The highest BCUT2D eigenvalue weighted by atomic mass is 32.2. The molecule has 1 saturated carbocycles. The first kappa shape index (κ1) is 29.6. The van der Waals surface area contributed by atoms with Crippen LogP contribution < -0.4 is 9.62 Å². The van der Waals surface area contributed by atoms with Crippen LogP contribution in [0, 0.1) is 19.7 Å². The van der Waals surface area contributed by atoms with Gasteiger partial charge in [0.1, 0.15) is 11.9 Å². The molecular formula is C29H40FN3O4S. The number of nitrogens with one attached hydrogen (secondary N) is 1. The van der Waals surface area contributed by atoms with Crippen molar-refractivity contribution in [2.45, 2.75) is 84.3 Å². The SMILES string of the molecule is Cc1ccc(N(CCCC(=O)N(Cc2ccccc2F)[C@H](C)C(=O)NC2CCCCC2)S(C)(=O)=O)cc1C. The first-order chi connectivity index (χ1) is 18.0. The highest BCUT2D eigenvalue weighted by molar-refractivity contribution is 7.92. The maximum Gasteiger partial charge on any atom is 0.242 e. The fourth-order valence-corrected chi connectivity index (χ4v) is 5.80. The topological polar surface area (TPSA) is 86.8 Å². The summed E-state index contributed by atoms with van der Waals surface area (Å²) < 4.78 is 40.9. The van der Waals surface area contributed by atoms with Gasteiger partial charge in [-0.1, -0.05) is 43.5 Å². The summed E-state index contributed by atoms with van der Waals surface area (Å²) in [6.07, 6.45) is 6.54. The number of anilines is 1. The van der Waals surface area contributed by atoms with Gasteiger partial charge in [-0.2, -0.15) is 0 Å². The summed E-state index contributed by atoms with van der Waals surface area (Å²) in [5.74, 6) is -1.02. The van der Waals surface area contributed by atoms with Gasteiger partial charge in [0.15, 0.2) is 0 Å². The first-order valence-corrected chi connectivity index (χ1v) is 15.2. The molecule has 0 unspecified atom stereocenters. The number of hydrogen-bond donors (Lipinski definition) is 1. The lowest BCUT2D eigenvalue weighted by molar-refractivity contribution is -0.141. The van der Waals surface area contributed by atoms with Crippen molar-refractivity contribution in [3.05, 3.63) is 65.0 Å². The average molecular weight is 546 g/mol. The van der Waals surface area contributed by atoms with Gasteiger partial charge in [-0.15, -0.1) is 0 Å². The normalized spacial score (nSPS) is 15.1. The summed E-state index contributed by atoms with van der Waals surface area (Å²) in [4.78, 5) is 27.9. The number of rotatable bonds is 11. The van der Waals surface area contributed by atoms with E-state index in [2.05, 4.69) is 5.32 Å². The summed E-state index contributed by atoms with van der Waals surface area (Å²) in [6, 6.07) is 11.0. The molecule has 208 valence electrons. The Morgan fingerprint density at radius 2 is 1.74 bits per heavy atom. The van der Waals surface area contributed by atoms with Gasteiger partial charge in [0.25, 0.3) is 0 Å². The fourth-order valence-electron chi connectivity index (χ4n) is 4.85. The molecule has 0 saturated heterocycles. The Balaban J connectivity index is 1.73. The zero-order valence-corrected chi connectivity index (χ0v) is 23.7. The first-order valence-electron chi connectivity index (χ1n) is 13.4. The average Bonchev–Trinajstić information content (AvgIpc) is 2.87. The molecule has 7 nitrogen and oxygen atoms in total. The van der Waals surface area contributed by atoms with Gasteiger partial charge in [-0.05, 0) is 69.4 Å². The van der Waals surface area contributed by atoms with Crippen LogP contribution in [0.25, 0.3) is 0 Å². The van der Waals surface area contributed by atoms with Crippen molar-refractivity contribution in [3.63, 3.8) is 0 Å². The quantitative estimate of drug-likeness (QED) is 0.437. The summed E-state index contributed by atoms with van der Waals surface area (Å²) in [7, 11) is -3.57. The maximum atomic E-state index is 14.5. The number of hydrogen-bond acceptors (Lipinski definition) is 4. The van der Waals surface area contributed by atoms with E-state index in [1.54, 1.807) is 31.2 Å². The second kappa shape index (κ2) is 13.2. The van der Waals surface area contributed by atoms with E-state index in [4.69, 9.17) is 0 Å². The van der Waals surface area contributed by atoms with Gasteiger partial charge in [0, 0.05) is 31.1 Å². The van der Waals surface area contributed by atoms with E-state index in [1.165, 1.54) is 15.3 Å². The zero-order valence-electron chi connectivity index (χ0n) is 22.9. The molecule has 0 radical (unpaired) electrons. The number of aryl methyl sites for hydroxylation is 2. The van der Waals surface area contributed by atoms with Crippen LogP contribution in [0.5, 0.6) is 0 Å². The molecule has 1 aliphatic rings. The van der Waals surface area contributed by atoms with Crippen LogP contribution in [0.2, 0.25) is 0 Å². The smallest absolute Gasteiger partial charge is 0.242 e. The second-order valence-corrected chi connectivity index (χ2v) is 12.2. The van der Waals surface area contributed by atoms with Crippen molar-refractivity contribution < 1.29 is 22.4 Å². The molecule has 1 atom stereocenters. The molecule has 38 heavy (non-hydrogen) atoms. The van der Waals surface area contributed by atoms with E-state index in [9.17, 15) is 22.4 Å². The third kappa shape index (κ3) is 8.03. The standard InChI is InChI=1S/C29H40FN3O4S/c1-21-16-17-26(19-22(21)2)33(38(4,36)37)18-10-15-28(34)32(20-24-11-8-9-14-27(24)30)23(3)29(35)31-25-12-6-5-7-13-25/h8-9,11,14,16-17,19,23,25H,5-7,10,12-13,15,18,20H2,1-4H3,(H,31,35)/t23-/m1/s1. The lowest BCUT2D eigenvalue weighted by atomic mass is 9.95. The molecule has 2 aromatic carbocycles. The van der Waals surface area contributed by atoms with Crippen LogP contribution in [-0.4, -0.2) is 50.0 Å². The van der Waals surface area contributed by atoms with Crippen LogP contribution in [0.3, 0.4) is 0 Å². The molecule has 0 bridgehead atoms. The maximum absolute atomic E-state index is 14.5. The zero-order chi connectivity index (χ0) is 27.9. The summed E-state index contributed by atoms with van der Waals surface area (Å²) in [5.41, 5.74) is 2.90. The molecule has 3 rings (SSSR count). The Kier molecular flexibility index (Phi) is 10.3. The van der Waals surface area contributed by atoms with Crippen LogP contribution in [0.15, 0.2) is 42.5 Å². The molecule has 9 heteroatoms. The predicted molar refractivity (Wildman–Crippen MR) is 149 cm³/mol. The molecule has 1 N–H and O–H groups in total. The Morgan fingerprint density at radius 3 is 2.37 bits per heavy atom. The van der Waals surface area contributed by atoms with Crippen molar-refractivity contribution in [1.82, 2.24) is 10.2 Å². The number of carbonyl (C=O) groups excluding carboxylic acids is 2. The lowest BCUT2D eigenvalue weighted by Gasteiger charge is -2.31. The number of amides is 2. The highest BCUT2D eigenvalue weighted by Gasteiger charge is 2.29. The van der Waals surface area contributed by atoms with Crippen molar-refractivity contribution in [1.29, 1.82) is 0 Å². The van der Waals surface area contributed by atoms with Gasteiger partial charge in [0.2, 0.25) is 21.8 Å². The molecule has 0 spiro atoms. The van der Waals surface area contributed by atoms with Crippen LogP contribution in [-0.2, 0) is 26.2 Å². The Morgan fingerprint density at radius 1 is 1.05 bits per heavy atom. The van der Waals surface area contributed by atoms with Crippen LogP contribution in [0.1, 0.15) is 68.6 Å². The van der Waals surface area contributed by atoms with Crippen molar-refractivity contribution in [2.24, 2.45) is 0 Å². The minimum atomic E-state index is -3.57. The number of benzene rings is 2. The van der Waals surface area contributed by atoms with Gasteiger partial charge < -0.3 is 10.2 Å². The van der Waals surface area contributed by atoms with E-state index in [0.717, 1.165) is 49.5 Å². The second-order valence-electron chi connectivity index (χ2n) is 10.3. The van der Waals surface area contributed by atoms with E-state index in [1.807, 2.05) is 26.0 Å². The van der Waals surface area contributed by atoms with Crippen molar-refractivity contribution in [2.75, 3.05) is 17.1 Å². The van der Waals surface area contributed by atoms with Gasteiger partial charge in [0.05, 0.1) is 11.9 Å². The minimum Gasteiger partial charge on any atom is -0.352 e. The summed E-state index contributed by atoms with van der Waals surface area (Å²) in [5, 5.41) is 3.07. The van der Waals surface area contributed by atoms with Gasteiger partial charge >= 0.3 is 0 Å². The summed E-state index contributed by atoms with van der Waals surface area (Å²) in [6.45, 7) is 5.61. The molecular weight excluding hydrogens is 505 g/mol. The van der Waals surface area contributed by atoms with E-state index in [-0.39, 0.29) is 43.8 Å². The summed E-state index contributed by atoms with van der Waals surface area (Å²) >= 11 is 0. The molecule has 1 aliphatic carbocycles. The largest absolute Gasteiger partial charge is 0.352 e. The Bertz CT molecular complexity index is 1230. The minimum absolute atomic E-state index is 0.0202. The van der Waals surface area contributed by atoms with Gasteiger partial charge in [-0.3, -0.25) is 13.9 Å². The van der Waals surface area contributed by atoms with E-state index < -0.39 is 21.9 Å². The van der Waals surface area contributed by atoms with Crippen molar-refractivity contribution >= 4 is 27.5 Å². The molecule has 2 amide bonds. The third-order valence-electron chi connectivity index (χ3n) is 7.35. The highest BCUT2D eigenvalue weighted by Crippen LogP contribution is 2.23. The third-order valence-corrected chi connectivity index (χ3v) is 8.54. The van der Waals surface area contributed by atoms with E-state index in [0.29, 0.717) is 11.3 Å². The fraction of sp³-hybridized carbons (Fsp3) is 0.517. The Hall–Kier alpha value is -2.94. The van der Waals surface area contributed by atoms with Crippen LogP contribution in [0.4, 0.5) is 10.1 Å².